The normalized spacial score (nSPS) is 14.1. The molecule has 0 aliphatic rings. The van der Waals surface area contributed by atoms with Crippen LogP contribution in [0.4, 0.5) is 0 Å². The van der Waals surface area contributed by atoms with Gasteiger partial charge in [-0.05, 0) is 51.4 Å². The molecule has 0 fully saturated rings. The summed E-state index contributed by atoms with van der Waals surface area (Å²) in [6.07, 6.45) is 20.0. The number of allylic oxidation sites excluding steroid dienone is 1. The second-order valence-electron chi connectivity index (χ2n) is 9.57. The number of hydrogen-bond donors (Lipinski definition) is 0. The summed E-state index contributed by atoms with van der Waals surface area (Å²) in [5, 5.41) is 0. The van der Waals surface area contributed by atoms with Gasteiger partial charge in [0.25, 0.3) is 5.97 Å². The molecule has 0 saturated carbocycles. The SMILES string of the molecule is CC=COCCCCCCC(CCCC(C)CCCC)C(OCCC)(OCCC)OCCC. The van der Waals surface area contributed by atoms with Gasteiger partial charge in [0.1, 0.15) is 0 Å². The smallest absolute Gasteiger partial charge is 0.285 e. The Labute approximate surface area is 207 Å². The average molecular weight is 471 g/mol. The van der Waals surface area contributed by atoms with Gasteiger partial charge in [-0.3, -0.25) is 0 Å². The first-order valence-corrected chi connectivity index (χ1v) is 14.2. The minimum atomic E-state index is -0.885. The first-order chi connectivity index (χ1) is 16.1. The summed E-state index contributed by atoms with van der Waals surface area (Å²) in [7, 11) is 0. The van der Waals surface area contributed by atoms with Crippen LogP contribution in [0.15, 0.2) is 12.3 Å². The molecule has 0 saturated heterocycles. The first-order valence-electron chi connectivity index (χ1n) is 14.2. The lowest BCUT2D eigenvalue weighted by Crippen LogP contribution is -2.47. The molecule has 2 atom stereocenters. The van der Waals surface area contributed by atoms with Gasteiger partial charge in [-0.25, -0.2) is 0 Å². The van der Waals surface area contributed by atoms with E-state index in [9.17, 15) is 0 Å². The van der Waals surface area contributed by atoms with Crippen LogP contribution in [-0.4, -0.2) is 32.4 Å². The van der Waals surface area contributed by atoms with Crippen LogP contribution >= 0.6 is 0 Å². The van der Waals surface area contributed by atoms with Crippen LogP contribution < -0.4 is 0 Å². The van der Waals surface area contributed by atoms with Crippen LogP contribution in [0.25, 0.3) is 0 Å². The maximum atomic E-state index is 6.42. The molecule has 0 bridgehead atoms. The van der Waals surface area contributed by atoms with Crippen LogP contribution in [0.2, 0.25) is 0 Å². The molecular formula is C29H58O4. The van der Waals surface area contributed by atoms with Crippen molar-refractivity contribution in [1.29, 1.82) is 0 Å². The fraction of sp³-hybridized carbons (Fsp3) is 0.931. The molecule has 0 aliphatic carbocycles. The molecule has 4 nitrogen and oxygen atoms in total. The van der Waals surface area contributed by atoms with Crippen molar-refractivity contribution in [3.63, 3.8) is 0 Å². The fourth-order valence-electron chi connectivity index (χ4n) is 4.21. The molecule has 0 amide bonds. The van der Waals surface area contributed by atoms with Crippen molar-refractivity contribution >= 4 is 0 Å². The van der Waals surface area contributed by atoms with Gasteiger partial charge in [-0.15, -0.1) is 0 Å². The molecule has 0 radical (unpaired) electrons. The second-order valence-corrected chi connectivity index (χ2v) is 9.57. The van der Waals surface area contributed by atoms with E-state index in [1.807, 2.05) is 13.0 Å². The topological polar surface area (TPSA) is 36.9 Å². The highest BCUT2D eigenvalue weighted by Crippen LogP contribution is 2.35. The molecule has 0 aromatic carbocycles. The Morgan fingerprint density at radius 1 is 0.606 bits per heavy atom. The van der Waals surface area contributed by atoms with Crippen molar-refractivity contribution in [3.8, 4) is 0 Å². The number of rotatable bonds is 25. The third-order valence-electron chi connectivity index (χ3n) is 6.12. The van der Waals surface area contributed by atoms with E-state index in [2.05, 4.69) is 34.6 Å². The maximum Gasteiger partial charge on any atom is 0.285 e. The lowest BCUT2D eigenvalue weighted by Gasteiger charge is -2.40. The zero-order valence-electron chi connectivity index (χ0n) is 23.2. The molecule has 0 N–H and O–H groups in total. The van der Waals surface area contributed by atoms with Gasteiger partial charge in [0.05, 0.1) is 32.7 Å². The molecule has 0 spiro atoms. The van der Waals surface area contributed by atoms with Crippen LogP contribution in [0, 0.1) is 11.8 Å². The lowest BCUT2D eigenvalue weighted by atomic mass is 9.89. The summed E-state index contributed by atoms with van der Waals surface area (Å²) in [5.41, 5.74) is 0. The predicted molar refractivity (Wildman–Crippen MR) is 141 cm³/mol. The molecular weight excluding hydrogens is 412 g/mol. The van der Waals surface area contributed by atoms with Crippen LogP contribution in [-0.2, 0) is 18.9 Å². The largest absolute Gasteiger partial charge is 0.502 e. The van der Waals surface area contributed by atoms with Gasteiger partial charge in [0.15, 0.2) is 0 Å². The third kappa shape index (κ3) is 16.6. The average Bonchev–Trinajstić information content (AvgIpc) is 2.83. The Kier molecular flexibility index (Phi) is 22.8. The maximum absolute atomic E-state index is 6.42. The molecule has 0 aromatic rings. The van der Waals surface area contributed by atoms with Crippen molar-refractivity contribution in [2.75, 3.05) is 26.4 Å². The minimum Gasteiger partial charge on any atom is -0.502 e. The zero-order chi connectivity index (χ0) is 24.6. The van der Waals surface area contributed by atoms with E-state index >= 15 is 0 Å². The first kappa shape index (κ1) is 32.4. The van der Waals surface area contributed by atoms with Crippen LogP contribution in [0.5, 0.6) is 0 Å². The summed E-state index contributed by atoms with van der Waals surface area (Å²) < 4.78 is 24.7. The van der Waals surface area contributed by atoms with E-state index in [0.717, 1.165) is 51.0 Å². The van der Waals surface area contributed by atoms with Gasteiger partial charge in [0.2, 0.25) is 0 Å². The van der Waals surface area contributed by atoms with E-state index in [4.69, 9.17) is 18.9 Å². The van der Waals surface area contributed by atoms with E-state index in [-0.39, 0.29) is 5.92 Å². The highest BCUT2D eigenvalue weighted by molar-refractivity contribution is 4.74. The van der Waals surface area contributed by atoms with Crippen LogP contribution in [0.1, 0.15) is 131 Å². The van der Waals surface area contributed by atoms with Crippen LogP contribution in [0.3, 0.4) is 0 Å². The molecule has 0 heterocycles. The van der Waals surface area contributed by atoms with Gasteiger partial charge in [0, 0.05) is 5.92 Å². The Morgan fingerprint density at radius 3 is 1.70 bits per heavy atom. The molecule has 198 valence electrons. The summed E-state index contributed by atoms with van der Waals surface area (Å²) >= 11 is 0. The van der Waals surface area contributed by atoms with Gasteiger partial charge in [-0.1, -0.05) is 92.1 Å². The number of hydrogen-bond acceptors (Lipinski definition) is 4. The molecule has 2 unspecified atom stereocenters. The van der Waals surface area contributed by atoms with Gasteiger partial charge in [-0.2, -0.15) is 0 Å². The zero-order valence-corrected chi connectivity index (χ0v) is 23.2. The van der Waals surface area contributed by atoms with Crippen molar-refractivity contribution in [1.82, 2.24) is 0 Å². The molecule has 33 heavy (non-hydrogen) atoms. The Bertz CT molecular complexity index is 402. The van der Waals surface area contributed by atoms with E-state index in [0.29, 0.717) is 19.8 Å². The summed E-state index contributed by atoms with van der Waals surface area (Å²) in [6.45, 7) is 16.0. The second kappa shape index (κ2) is 23.2. The van der Waals surface area contributed by atoms with Gasteiger partial charge < -0.3 is 18.9 Å². The number of unbranched alkanes of at least 4 members (excludes halogenated alkanes) is 4. The standard InChI is InChI=1S/C29H58O4/c1-7-12-18-27(6)19-17-21-28(20-15-13-14-16-26-30-22-8-2)29(31-23-9-3,32-24-10-4)33-25-11-5/h8,22,27-28H,7,9-21,23-26H2,1-6H3. The molecule has 0 aliphatic heterocycles. The Hall–Kier alpha value is -0.580. The van der Waals surface area contributed by atoms with Crippen molar-refractivity contribution < 1.29 is 18.9 Å². The van der Waals surface area contributed by atoms with Crippen molar-refractivity contribution in [2.24, 2.45) is 11.8 Å². The highest BCUT2D eigenvalue weighted by atomic mass is 16.9. The Morgan fingerprint density at radius 2 is 1.15 bits per heavy atom. The minimum absolute atomic E-state index is 0.278. The van der Waals surface area contributed by atoms with Crippen molar-refractivity contribution in [3.05, 3.63) is 12.3 Å². The molecule has 0 aromatic heterocycles. The quantitative estimate of drug-likeness (QED) is 0.0757. The molecule has 0 rings (SSSR count). The van der Waals surface area contributed by atoms with E-state index in [1.165, 1.54) is 51.4 Å². The van der Waals surface area contributed by atoms with Gasteiger partial charge >= 0.3 is 0 Å². The van der Waals surface area contributed by atoms with E-state index < -0.39 is 5.97 Å². The summed E-state index contributed by atoms with van der Waals surface area (Å²) in [5.74, 6) is 0.186. The fourth-order valence-corrected chi connectivity index (χ4v) is 4.21. The van der Waals surface area contributed by atoms with E-state index in [1.54, 1.807) is 6.26 Å². The number of ether oxygens (including phenoxy) is 4. The lowest BCUT2D eigenvalue weighted by molar-refractivity contribution is -0.406. The summed E-state index contributed by atoms with van der Waals surface area (Å²) in [6, 6.07) is 0. The summed E-state index contributed by atoms with van der Waals surface area (Å²) in [4.78, 5) is 0. The highest BCUT2D eigenvalue weighted by Gasteiger charge is 2.42. The Balaban J connectivity index is 5.11. The molecule has 4 heteroatoms. The van der Waals surface area contributed by atoms with Crippen molar-refractivity contribution in [2.45, 2.75) is 137 Å². The monoisotopic (exact) mass is 470 g/mol. The predicted octanol–water partition coefficient (Wildman–Crippen LogP) is 9.03. The third-order valence-corrected chi connectivity index (χ3v) is 6.12.